The average molecular weight is 352 g/mol. The Hall–Kier alpha value is -3.16. The van der Waals surface area contributed by atoms with Gasteiger partial charge in [0.2, 0.25) is 0 Å². The zero-order valence-electron chi connectivity index (χ0n) is 14.5. The van der Waals surface area contributed by atoms with E-state index in [0.29, 0.717) is 13.1 Å². The number of rotatable bonds is 3. The molecule has 2 aromatic heterocycles. The third-order valence-electron chi connectivity index (χ3n) is 4.64. The van der Waals surface area contributed by atoms with E-state index in [1.54, 1.807) is 17.4 Å². The first-order valence-corrected chi connectivity index (χ1v) is 8.60. The number of likely N-dealkylation sites (tertiary alicyclic amines) is 1. The Morgan fingerprint density at radius 1 is 1.19 bits per heavy atom. The second kappa shape index (κ2) is 6.99. The van der Waals surface area contributed by atoms with Crippen molar-refractivity contribution in [2.24, 2.45) is 0 Å². The minimum Gasteiger partial charge on any atom is -0.453 e. The molecule has 8 heteroatoms. The molecule has 3 heterocycles. The number of hydrogen-bond donors (Lipinski definition) is 1. The summed E-state index contributed by atoms with van der Waals surface area (Å²) in [4.78, 5) is 22.1. The highest BCUT2D eigenvalue weighted by atomic mass is 16.5. The summed E-state index contributed by atoms with van der Waals surface area (Å²) < 4.78 is 6.59. The number of anilines is 1. The molecule has 1 amide bonds. The number of nitrogens with zero attached hydrogens (tertiary/aromatic N) is 5. The van der Waals surface area contributed by atoms with Gasteiger partial charge in [0.25, 0.3) is 0 Å². The van der Waals surface area contributed by atoms with Gasteiger partial charge in [0.05, 0.1) is 24.4 Å². The molecular formula is C18H20N6O2. The Labute approximate surface area is 150 Å². The second-order valence-corrected chi connectivity index (χ2v) is 6.23. The molecular weight excluding hydrogens is 332 g/mol. The molecule has 3 aromatic rings. The number of methoxy groups -OCH3 is 1. The standard InChI is InChI=1S/C18H20N6O2/c1-26-18(25)23-9-7-13(8-10-23)22-16-15-11-21-24(17(15)20-12-19-16)14-5-3-2-4-6-14/h2-6,11-13H,7-10H2,1H3,(H,19,20,22). The number of carbonyl (C=O) groups excluding carboxylic acids is 1. The maximum absolute atomic E-state index is 11.6. The Morgan fingerprint density at radius 2 is 1.96 bits per heavy atom. The van der Waals surface area contributed by atoms with Crippen molar-refractivity contribution in [3.63, 3.8) is 0 Å². The lowest BCUT2D eigenvalue weighted by Crippen LogP contribution is -2.42. The molecule has 1 aliphatic rings. The van der Waals surface area contributed by atoms with Gasteiger partial charge in [-0.05, 0) is 25.0 Å². The van der Waals surface area contributed by atoms with Crippen LogP contribution in [0.4, 0.5) is 10.6 Å². The maximum atomic E-state index is 11.6. The number of amides is 1. The molecule has 1 saturated heterocycles. The Morgan fingerprint density at radius 3 is 2.69 bits per heavy atom. The molecule has 0 atom stereocenters. The van der Waals surface area contributed by atoms with E-state index < -0.39 is 0 Å². The minimum atomic E-state index is -0.267. The van der Waals surface area contributed by atoms with Gasteiger partial charge in [0, 0.05) is 19.1 Å². The van der Waals surface area contributed by atoms with Gasteiger partial charge >= 0.3 is 6.09 Å². The van der Waals surface area contributed by atoms with E-state index in [1.807, 2.05) is 35.0 Å². The molecule has 1 aromatic carbocycles. The highest BCUT2D eigenvalue weighted by molar-refractivity contribution is 5.87. The highest BCUT2D eigenvalue weighted by Crippen LogP contribution is 2.24. The summed E-state index contributed by atoms with van der Waals surface area (Å²) in [7, 11) is 1.41. The van der Waals surface area contributed by atoms with Crippen molar-refractivity contribution < 1.29 is 9.53 Å². The molecule has 0 unspecified atom stereocenters. The number of aromatic nitrogens is 4. The summed E-state index contributed by atoms with van der Waals surface area (Å²) in [5.74, 6) is 0.772. The SMILES string of the molecule is COC(=O)N1CCC(Nc2ncnc3c2cnn3-c2ccccc2)CC1. The molecule has 0 bridgehead atoms. The molecule has 0 aliphatic carbocycles. The minimum absolute atomic E-state index is 0.245. The van der Waals surface area contributed by atoms with Crippen molar-refractivity contribution >= 4 is 22.9 Å². The van der Waals surface area contributed by atoms with E-state index in [0.717, 1.165) is 35.4 Å². The summed E-state index contributed by atoms with van der Waals surface area (Å²) in [5, 5.41) is 8.83. The number of piperidine rings is 1. The van der Waals surface area contributed by atoms with Gasteiger partial charge < -0.3 is 15.0 Å². The first-order valence-electron chi connectivity index (χ1n) is 8.60. The van der Waals surface area contributed by atoms with E-state index in [1.165, 1.54) is 7.11 Å². The van der Waals surface area contributed by atoms with Crippen LogP contribution in [0.3, 0.4) is 0 Å². The second-order valence-electron chi connectivity index (χ2n) is 6.23. The molecule has 1 aliphatic heterocycles. The van der Waals surface area contributed by atoms with Gasteiger partial charge in [-0.3, -0.25) is 0 Å². The van der Waals surface area contributed by atoms with Gasteiger partial charge in [-0.15, -0.1) is 0 Å². The van der Waals surface area contributed by atoms with Crippen LogP contribution >= 0.6 is 0 Å². The highest BCUT2D eigenvalue weighted by Gasteiger charge is 2.24. The maximum Gasteiger partial charge on any atom is 0.409 e. The van der Waals surface area contributed by atoms with E-state index in [-0.39, 0.29) is 12.1 Å². The summed E-state index contributed by atoms with van der Waals surface area (Å²) in [6.45, 7) is 1.34. The fourth-order valence-corrected chi connectivity index (χ4v) is 3.25. The Bertz CT molecular complexity index is 902. The van der Waals surface area contributed by atoms with Gasteiger partial charge in [0.1, 0.15) is 12.1 Å². The third kappa shape index (κ3) is 3.05. The summed E-state index contributed by atoms with van der Waals surface area (Å²) in [6, 6.07) is 10.1. The van der Waals surface area contributed by atoms with E-state index >= 15 is 0 Å². The van der Waals surface area contributed by atoms with E-state index in [4.69, 9.17) is 4.74 Å². The largest absolute Gasteiger partial charge is 0.453 e. The number of carbonyl (C=O) groups is 1. The zero-order valence-corrected chi connectivity index (χ0v) is 14.5. The molecule has 134 valence electrons. The fourth-order valence-electron chi connectivity index (χ4n) is 3.25. The van der Waals surface area contributed by atoms with Crippen LogP contribution < -0.4 is 5.32 Å². The van der Waals surface area contributed by atoms with Crippen LogP contribution in [0.5, 0.6) is 0 Å². The van der Waals surface area contributed by atoms with Crippen LogP contribution in [0.2, 0.25) is 0 Å². The molecule has 1 N–H and O–H groups in total. The van der Waals surface area contributed by atoms with E-state index in [2.05, 4.69) is 20.4 Å². The number of hydrogen-bond acceptors (Lipinski definition) is 6. The van der Waals surface area contributed by atoms with Gasteiger partial charge in [-0.25, -0.2) is 19.4 Å². The van der Waals surface area contributed by atoms with Crippen molar-refractivity contribution in [1.82, 2.24) is 24.6 Å². The van der Waals surface area contributed by atoms with Crippen molar-refractivity contribution in [2.45, 2.75) is 18.9 Å². The van der Waals surface area contributed by atoms with Gasteiger partial charge in [-0.1, -0.05) is 18.2 Å². The lowest BCUT2D eigenvalue weighted by molar-refractivity contribution is 0.113. The summed E-state index contributed by atoms with van der Waals surface area (Å²) >= 11 is 0. The summed E-state index contributed by atoms with van der Waals surface area (Å²) in [6.07, 6.45) is 4.75. The molecule has 0 spiro atoms. The lowest BCUT2D eigenvalue weighted by Gasteiger charge is -2.31. The lowest BCUT2D eigenvalue weighted by atomic mass is 10.1. The van der Waals surface area contributed by atoms with Gasteiger partial charge in [0.15, 0.2) is 5.65 Å². The molecule has 4 rings (SSSR count). The first-order chi connectivity index (χ1) is 12.8. The molecule has 8 nitrogen and oxygen atoms in total. The molecule has 0 saturated carbocycles. The van der Waals surface area contributed by atoms with Crippen molar-refractivity contribution in [3.8, 4) is 5.69 Å². The van der Waals surface area contributed by atoms with Crippen LogP contribution in [-0.4, -0.2) is 57.0 Å². The van der Waals surface area contributed by atoms with Gasteiger partial charge in [-0.2, -0.15) is 5.10 Å². The molecule has 1 fully saturated rings. The number of benzene rings is 1. The first kappa shape index (κ1) is 16.3. The normalized spacial score (nSPS) is 15.2. The predicted molar refractivity (Wildman–Crippen MR) is 97.3 cm³/mol. The van der Waals surface area contributed by atoms with Crippen molar-refractivity contribution in [3.05, 3.63) is 42.9 Å². The number of nitrogens with one attached hydrogen (secondary N) is 1. The molecule has 0 radical (unpaired) electrons. The monoisotopic (exact) mass is 352 g/mol. The van der Waals surface area contributed by atoms with E-state index in [9.17, 15) is 4.79 Å². The number of fused-ring (bicyclic) bond motifs is 1. The Kier molecular flexibility index (Phi) is 4.39. The quantitative estimate of drug-likeness (QED) is 0.779. The summed E-state index contributed by atoms with van der Waals surface area (Å²) in [5.41, 5.74) is 1.72. The average Bonchev–Trinajstić information content (AvgIpc) is 3.14. The van der Waals surface area contributed by atoms with Crippen LogP contribution in [0.25, 0.3) is 16.7 Å². The molecule has 26 heavy (non-hydrogen) atoms. The topological polar surface area (TPSA) is 85.2 Å². The van der Waals surface area contributed by atoms with Crippen molar-refractivity contribution in [2.75, 3.05) is 25.5 Å². The van der Waals surface area contributed by atoms with Crippen molar-refractivity contribution in [1.29, 1.82) is 0 Å². The predicted octanol–water partition coefficient (Wildman–Crippen LogP) is 2.46. The zero-order chi connectivity index (χ0) is 17.9. The fraction of sp³-hybridized carbons (Fsp3) is 0.333. The Balaban J connectivity index is 1.53. The number of ether oxygens (including phenoxy) is 1. The number of para-hydroxylation sites is 1. The third-order valence-corrected chi connectivity index (χ3v) is 4.64. The van der Waals surface area contributed by atoms with Crippen LogP contribution in [0.15, 0.2) is 42.9 Å². The van der Waals surface area contributed by atoms with Crippen LogP contribution in [0.1, 0.15) is 12.8 Å². The smallest absolute Gasteiger partial charge is 0.409 e. The van der Waals surface area contributed by atoms with Crippen LogP contribution in [0, 0.1) is 0 Å². The van der Waals surface area contributed by atoms with Crippen LogP contribution in [-0.2, 0) is 4.74 Å².